The second kappa shape index (κ2) is 8.49. The van der Waals surface area contributed by atoms with Crippen LogP contribution in [0.25, 0.3) is 5.69 Å². The third kappa shape index (κ3) is 3.86. The molecule has 0 unspecified atom stereocenters. The van der Waals surface area contributed by atoms with E-state index in [1.54, 1.807) is 29.2 Å². The molecule has 1 aliphatic heterocycles. The van der Waals surface area contributed by atoms with Crippen LogP contribution in [-0.4, -0.2) is 38.7 Å². The van der Waals surface area contributed by atoms with Crippen LogP contribution >= 0.6 is 23.2 Å². The number of hydrogen-bond donors (Lipinski definition) is 1. The molecule has 3 aromatic rings. The Balaban J connectivity index is 1.68. The minimum absolute atomic E-state index is 0.0173. The van der Waals surface area contributed by atoms with Gasteiger partial charge in [-0.15, -0.1) is 5.10 Å². The van der Waals surface area contributed by atoms with E-state index in [4.69, 9.17) is 33.2 Å². The minimum Gasteiger partial charge on any atom is -0.454 e. The molecule has 0 saturated heterocycles. The van der Waals surface area contributed by atoms with Crippen molar-refractivity contribution >= 4 is 29.1 Å². The van der Waals surface area contributed by atoms with Crippen LogP contribution < -0.4 is 16.0 Å². The van der Waals surface area contributed by atoms with Gasteiger partial charge in [0.2, 0.25) is 5.69 Å². The van der Waals surface area contributed by atoms with Crippen molar-refractivity contribution in [1.82, 2.24) is 19.7 Å². The summed E-state index contributed by atoms with van der Waals surface area (Å²) in [5.74, 6) is 0.577. The first-order valence-corrected chi connectivity index (χ1v) is 10.3. The highest BCUT2D eigenvalue weighted by atomic mass is 35.5. The van der Waals surface area contributed by atoms with Gasteiger partial charge in [-0.2, -0.15) is 9.94 Å². The standard InChI is InChI=1S/C21H15Cl2N5O4/c1-2-27-6-5-11-7-13(3-4-14(11)20(27)30)32-18-15(22)8-12(9-16(18)23)28-21(31)25-19(29)17(10-24)26-28/h3-4,7-9H,2,5-6H2,1H3,(H,25,29,31). The SMILES string of the molecule is CCN1CCc2cc(Oc3c(Cl)cc(-n4nc(C#N)c(=O)[nH]c4=O)cc3Cl)ccc2C1=O. The number of nitriles is 1. The lowest BCUT2D eigenvalue weighted by Crippen LogP contribution is -2.37. The van der Waals surface area contributed by atoms with Crippen LogP contribution in [0.4, 0.5) is 0 Å². The Labute approximate surface area is 191 Å². The predicted molar refractivity (Wildman–Crippen MR) is 117 cm³/mol. The second-order valence-electron chi connectivity index (χ2n) is 6.93. The zero-order chi connectivity index (χ0) is 23.0. The molecule has 11 heteroatoms. The third-order valence-corrected chi connectivity index (χ3v) is 5.57. The molecule has 0 saturated carbocycles. The average Bonchev–Trinajstić information content (AvgIpc) is 2.76. The van der Waals surface area contributed by atoms with Crippen molar-refractivity contribution < 1.29 is 9.53 Å². The van der Waals surface area contributed by atoms with Gasteiger partial charge in [-0.25, -0.2) is 4.79 Å². The van der Waals surface area contributed by atoms with E-state index < -0.39 is 16.9 Å². The van der Waals surface area contributed by atoms with Gasteiger partial charge >= 0.3 is 5.69 Å². The van der Waals surface area contributed by atoms with E-state index in [0.29, 0.717) is 30.8 Å². The number of carbonyl (C=O) groups is 1. The smallest absolute Gasteiger partial charge is 0.349 e. The largest absolute Gasteiger partial charge is 0.454 e. The molecule has 2 aromatic carbocycles. The van der Waals surface area contributed by atoms with Crippen LogP contribution in [0.2, 0.25) is 10.0 Å². The normalized spacial score (nSPS) is 12.9. The van der Waals surface area contributed by atoms with Crippen molar-refractivity contribution in [1.29, 1.82) is 5.26 Å². The predicted octanol–water partition coefficient (Wildman–Crippen LogP) is 2.91. The van der Waals surface area contributed by atoms with Crippen molar-refractivity contribution in [2.75, 3.05) is 13.1 Å². The molecule has 2 heterocycles. The number of amides is 1. The monoisotopic (exact) mass is 471 g/mol. The molecule has 9 nitrogen and oxygen atoms in total. The number of aromatic nitrogens is 3. The number of H-pyrrole nitrogens is 1. The molecule has 1 aliphatic rings. The van der Waals surface area contributed by atoms with Gasteiger partial charge in [0, 0.05) is 18.7 Å². The molecular formula is C21H15Cl2N5O4. The highest BCUT2D eigenvalue weighted by Gasteiger charge is 2.24. The first-order chi connectivity index (χ1) is 15.3. The lowest BCUT2D eigenvalue weighted by atomic mass is 9.99. The zero-order valence-corrected chi connectivity index (χ0v) is 18.2. The quantitative estimate of drug-likeness (QED) is 0.624. The molecule has 1 N–H and O–H groups in total. The third-order valence-electron chi connectivity index (χ3n) is 5.01. The van der Waals surface area contributed by atoms with Crippen molar-refractivity contribution in [2.24, 2.45) is 0 Å². The number of ether oxygens (including phenoxy) is 1. The summed E-state index contributed by atoms with van der Waals surface area (Å²) in [6, 6.07) is 9.49. The number of nitrogens with zero attached hydrogens (tertiary/aromatic N) is 4. The number of carbonyl (C=O) groups excluding carboxylic acids is 1. The van der Waals surface area contributed by atoms with E-state index in [-0.39, 0.29) is 27.4 Å². The van der Waals surface area contributed by atoms with E-state index in [9.17, 15) is 14.4 Å². The van der Waals surface area contributed by atoms with Crippen LogP contribution in [0, 0.1) is 11.3 Å². The van der Waals surface area contributed by atoms with E-state index in [0.717, 1.165) is 10.2 Å². The van der Waals surface area contributed by atoms with Crippen LogP contribution in [-0.2, 0) is 6.42 Å². The maximum atomic E-state index is 12.5. The number of nitrogens with one attached hydrogen (secondary N) is 1. The minimum atomic E-state index is -0.890. The van der Waals surface area contributed by atoms with Crippen molar-refractivity contribution in [3.63, 3.8) is 0 Å². The number of benzene rings is 2. The van der Waals surface area contributed by atoms with Crippen LogP contribution in [0.3, 0.4) is 0 Å². The maximum Gasteiger partial charge on any atom is 0.349 e. The molecular weight excluding hydrogens is 457 g/mol. The summed E-state index contributed by atoms with van der Waals surface area (Å²) in [4.78, 5) is 39.9. The van der Waals surface area contributed by atoms with E-state index in [2.05, 4.69) is 5.10 Å². The fourth-order valence-corrected chi connectivity index (χ4v) is 3.96. The topological polar surface area (TPSA) is 121 Å². The summed E-state index contributed by atoms with van der Waals surface area (Å²) in [5.41, 5.74) is -0.582. The summed E-state index contributed by atoms with van der Waals surface area (Å²) in [6.45, 7) is 3.22. The average molecular weight is 472 g/mol. The highest BCUT2D eigenvalue weighted by molar-refractivity contribution is 6.37. The Bertz CT molecular complexity index is 1380. The summed E-state index contributed by atoms with van der Waals surface area (Å²) < 4.78 is 6.68. The van der Waals surface area contributed by atoms with Crippen molar-refractivity contribution in [2.45, 2.75) is 13.3 Å². The van der Waals surface area contributed by atoms with Crippen molar-refractivity contribution in [3.8, 4) is 23.3 Å². The fraction of sp³-hybridized carbons (Fsp3) is 0.190. The molecule has 162 valence electrons. The summed E-state index contributed by atoms with van der Waals surface area (Å²) in [6.07, 6.45) is 0.703. The first-order valence-electron chi connectivity index (χ1n) is 9.55. The fourth-order valence-electron chi connectivity index (χ4n) is 3.41. The molecule has 0 fully saturated rings. The van der Waals surface area contributed by atoms with Gasteiger partial charge in [0.15, 0.2) is 5.75 Å². The van der Waals surface area contributed by atoms with E-state index in [1.165, 1.54) is 12.1 Å². The van der Waals surface area contributed by atoms with Crippen LogP contribution in [0.15, 0.2) is 39.9 Å². The van der Waals surface area contributed by atoms with Gasteiger partial charge in [-0.1, -0.05) is 23.2 Å². The van der Waals surface area contributed by atoms with Gasteiger partial charge in [0.1, 0.15) is 11.8 Å². The Hall–Kier alpha value is -3.61. The Kier molecular flexibility index (Phi) is 5.74. The first kappa shape index (κ1) is 21.6. The highest BCUT2D eigenvalue weighted by Crippen LogP contribution is 2.38. The molecule has 0 spiro atoms. The van der Waals surface area contributed by atoms with E-state index >= 15 is 0 Å². The molecule has 4 rings (SSSR count). The molecule has 1 amide bonds. The molecule has 32 heavy (non-hydrogen) atoms. The Morgan fingerprint density at radius 1 is 1.19 bits per heavy atom. The van der Waals surface area contributed by atoms with Crippen molar-refractivity contribution in [3.05, 3.63) is 78.0 Å². The van der Waals surface area contributed by atoms with Gasteiger partial charge < -0.3 is 9.64 Å². The number of fused-ring (bicyclic) bond motifs is 1. The van der Waals surface area contributed by atoms with Gasteiger partial charge in [-0.3, -0.25) is 14.6 Å². The maximum absolute atomic E-state index is 12.5. The second-order valence-corrected chi connectivity index (χ2v) is 7.74. The molecule has 0 bridgehead atoms. The lowest BCUT2D eigenvalue weighted by molar-refractivity contribution is 0.0749. The van der Waals surface area contributed by atoms with Crippen LogP contribution in [0.1, 0.15) is 28.5 Å². The molecule has 0 radical (unpaired) electrons. The zero-order valence-electron chi connectivity index (χ0n) is 16.7. The summed E-state index contributed by atoms with van der Waals surface area (Å²) in [5, 5.41) is 12.9. The summed E-state index contributed by atoms with van der Waals surface area (Å²) >= 11 is 12.7. The molecule has 0 aliphatic carbocycles. The van der Waals surface area contributed by atoms with Crippen LogP contribution in [0.5, 0.6) is 11.5 Å². The Morgan fingerprint density at radius 2 is 1.91 bits per heavy atom. The lowest BCUT2D eigenvalue weighted by Gasteiger charge is -2.27. The Morgan fingerprint density at radius 3 is 2.56 bits per heavy atom. The van der Waals surface area contributed by atoms with Gasteiger partial charge in [-0.05, 0) is 49.2 Å². The van der Waals surface area contributed by atoms with E-state index in [1.807, 2.05) is 11.9 Å². The van der Waals surface area contributed by atoms with Gasteiger partial charge in [0.25, 0.3) is 11.5 Å². The number of rotatable bonds is 4. The number of halogens is 2. The number of hydrogen-bond acceptors (Lipinski definition) is 6. The van der Waals surface area contributed by atoms with Gasteiger partial charge in [0.05, 0.1) is 15.7 Å². The summed E-state index contributed by atoms with van der Waals surface area (Å²) in [7, 11) is 0. The number of likely N-dealkylation sites (N-methyl/N-ethyl adjacent to an activating group) is 1. The number of aromatic amines is 1. The molecule has 0 atom stereocenters. The molecule has 1 aromatic heterocycles.